The highest BCUT2D eigenvalue weighted by Crippen LogP contribution is 2.26. The zero-order valence-electron chi connectivity index (χ0n) is 12.4. The quantitative estimate of drug-likeness (QED) is 0.874. The number of hydrogen-bond acceptors (Lipinski definition) is 3. The Morgan fingerprint density at radius 3 is 2.75 bits per heavy atom. The summed E-state index contributed by atoms with van der Waals surface area (Å²) < 4.78 is 5.59. The van der Waals surface area contributed by atoms with Gasteiger partial charge >= 0.3 is 0 Å². The van der Waals surface area contributed by atoms with Gasteiger partial charge < -0.3 is 10.1 Å². The van der Waals surface area contributed by atoms with Gasteiger partial charge in [-0.25, -0.2) is 0 Å². The molecule has 0 aliphatic rings. The average Bonchev–Trinajstić information content (AvgIpc) is 2.49. The second-order valence-corrected chi connectivity index (χ2v) is 4.63. The molecule has 0 aliphatic carbocycles. The van der Waals surface area contributed by atoms with Crippen LogP contribution in [0.1, 0.15) is 36.7 Å². The zero-order chi connectivity index (χ0) is 14.4. The highest BCUT2D eigenvalue weighted by atomic mass is 16.5. The van der Waals surface area contributed by atoms with Gasteiger partial charge in [-0.3, -0.25) is 4.98 Å². The summed E-state index contributed by atoms with van der Waals surface area (Å²) >= 11 is 0. The van der Waals surface area contributed by atoms with Gasteiger partial charge in [-0.15, -0.1) is 0 Å². The molecule has 0 fully saturated rings. The Hall–Kier alpha value is -1.87. The predicted octanol–water partition coefficient (Wildman–Crippen LogP) is 3.35. The van der Waals surface area contributed by atoms with E-state index in [1.165, 1.54) is 11.1 Å². The van der Waals surface area contributed by atoms with Crippen molar-refractivity contribution in [3.05, 3.63) is 59.4 Å². The summed E-state index contributed by atoms with van der Waals surface area (Å²) in [5, 5.41) is 3.36. The molecule has 0 radical (unpaired) electrons. The van der Waals surface area contributed by atoms with Crippen molar-refractivity contribution in [1.82, 2.24) is 10.3 Å². The summed E-state index contributed by atoms with van der Waals surface area (Å²) in [5.74, 6) is 0.902. The van der Waals surface area contributed by atoms with E-state index in [0.717, 1.165) is 17.9 Å². The molecule has 106 valence electrons. The number of aryl methyl sites for hydroxylation is 1. The first-order valence-electron chi connectivity index (χ1n) is 7.14. The predicted molar refractivity (Wildman–Crippen MR) is 82.1 cm³/mol. The second-order valence-electron chi connectivity index (χ2n) is 4.63. The molecular weight excluding hydrogens is 248 g/mol. The minimum atomic E-state index is 0.0894. The molecule has 0 amide bonds. The van der Waals surface area contributed by atoms with Crippen LogP contribution in [-0.2, 0) is 6.42 Å². The Morgan fingerprint density at radius 1 is 1.20 bits per heavy atom. The van der Waals surface area contributed by atoms with E-state index in [4.69, 9.17) is 4.74 Å². The van der Waals surface area contributed by atoms with Gasteiger partial charge in [-0.1, -0.05) is 25.1 Å². The molecule has 20 heavy (non-hydrogen) atoms. The summed E-state index contributed by atoms with van der Waals surface area (Å²) in [7, 11) is 1.96. The summed E-state index contributed by atoms with van der Waals surface area (Å²) in [6, 6.07) is 12.4. The Balaban J connectivity index is 2.39. The number of ether oxygens (including phenoxy) is 1. The van der Waals surface area contributed by atoms with E-state index in [1.807, 2.05) is 38.4 Å². The SMILES string of the molecule is CCOc1cccc(C(NC)c2ncccc2CC)c1. The van der Waals surface area contributed by atoms with Gasteiger partial charge in [0.15, 0.2) is 0 Å². The van der Waals surface area contributed by atoms with Gasteiger partial charge in [-0.05, 0) is 49.7 Å². The van der Waals surface area contributed by atoms with E-state index in [-0.39, 0.29) is 6.04 Å². The number of rotatable bonds is 6. The first kappa shape index (κ1) is 14.5. The van der Waals surface area contributed by atoms with E-state index in [9.17, 15) is 0 Å². The standard InChI is InChI=1S/C17H22N2O/c1-4-13-9-7-11-19-17(13)16(18-3)14-8-6-10-15(12-14)20-5-2/h6-12,16,18H,4-5H2,1-3H3. The molecule has 2 aromatic rings. The topological polar surface area (TPSA) is 34.1 Å². The van der Waals surface area contributed by atoms with Crippen molar-refractivity contribution in [2.75, 3.05) is 13.7 Å². The van der Waals surface area contributed by atoms with Crippen LogP contribution < -0.4 is 10.1 Å². The normalized spacial score (nSPS) is 12.2. The minimum Gasteiger partial charge on any atom is -0.494 e. The van der Waals surface area contributed by atoms with E-state index in [2.05, 4.69) is 35.4 Å². The number of aromatic nitrogens is 1. The van der Waals surface area contributed by atoms with Gasteiger partial charge in [0.05, 0.1) is 18.3 Å². The van der Waals surface area contributed by atoms with Gasteiger partial charge in [0.25, 0.3) is 0 Å². The smallest absolute Gasteiger partial charge is 0.119 e. The number of hydrogen-bond donors (Lipinski definition) is 1. The summed E-state index contributed by atoms with van der Waals surface area (Å²) in [5.41, 5.74) is 3.53. The van der Waals surface area contributed by atoms with Crippen LogP contribution >= 0.6 is 0 Å². The van der Waals surface area contributed by atoms with Crippen LogP contribution in [0.2, 0.25) is 0 Å². The van der Waals surface area contributed by atoms with Crippen molar-refractivity contribution in [3.63, 3.8) is 0 Å². The lowest BCUT2D eigenvalue weighted by atomic mass is 9.98. The number of benzene rings is 1. The fourth-order valence-electron chi connectivity index (χ4n) is 2.42. The Labute approximate surface area is 121 Å². The molecule has 0 aliphatic heterocycles. The Kier molecular flexibility index (Phi) is 5.13. The molecule has 3 heteroatoms. The monoisotopic (exact) mass is 270 g/mol. The molecule has 0 saturated heterocycles. The van der Waals surface area contributed by atoms with Crippen molar-refractivity contribution < 1.29 is 4.74 Å². The van der Waals surface area contributed by atoms with E-state index >= 15 is 0 Å². The lowest BCUT2D eigenvalue weighted by Gasteiger charge is -2.19. The fraction of sp³-hybridized carbons (Fsp3) is 0.353. The first-order chi connectivity index (χ1) is 9.80. The van der Waals surface area contributed by atoms with Crippen LogP contribution in [0.5, 0.6) is 5.75 Å². The molecular formula is C17H22N2O. The zero-order valence-corrected chi connectivity index (χ0v) is 12.4. The van der Waals surface area contributed by atoms with Crippen molar-refractivity contribution in [2.24, 2.45) is 0 Å². The van der Waals surface area contributed by atoms with Gasteiger partial charge in [0, 0.05) is 6.20 Å². The Bertz CT molecular complexity index is 554. The van der Waals surface area contributed by atoms with Crippen molar-refractivity contribution in [3.8, 4) is 5.75 Å². The molecule has 1 aromatic carbocycles. The molecule has 0 saturated carbocycles. The maximum absolute atomic E-state index is 5.59. The molecule has 0 bridgehead atoms. The lowest BCUT2D eigenvalue weighted by Crippen LogP contribution is -2.20. The van der Waals surface area contributed by atoms with Crippen LogP contribution in [0.15, 0.2) is 42.6 Å². The van der Waals surface area contributed by atoms with E-state index < -0.39 is 0 Å². The first-order valence-corrected chi connectivity index (χ1v) is 7.14. The van der Waals surface area contributed by atoms with Crippen LogP contribution in [0.3, 0.4) is 0 Å². The molecule has 1 aromatic heterocycles. The molecule has 1 unspecified atom stereocenters. The van der Waals surface area contributed by atoms with Crippen molar-refractivity contribution in [2.45, 2.75) is 26.3 Å². The fourth-order valence-corrected chi connectivity index (χ4v) is 2.42. The van der Waals surface area contributed by atoms with Crippen molar-refractivity contribution >= 4 is 0 Å². The van der Waals surface area contributed by atoms with E-state index in [1.54, 1.807) is 0 Å². The molecule has 2 rings (SSSR count). The molecule has 1 N–H and O–H groups in total. The minimum absolute atomic E-state index is 0.0894. The summed E-state index contributed by atoms with van der Waals surface area (Å²) in [4.78, 5) is 4.57. The van der Waals surface area contributed by atoms with Crippen LogP contribution in [-0.4, -0.2) is 18.6 Å². The summed E-state index contributed by atoms with van der Waals surface area (Å²) in [6.45, 7) is 4.83. The van der Waals surface area contributed by atoms with Gasteiger partial charge in [0.1, 0.15) is 5.75 Å². The maximum Gasteiger partial charge on any atom is 0.119 e. The van der Waals surface area contributed by atoms with Crippen LogP contribution in [0.4, 0.5) is 0 Å². The average molecular weight is 270 g/mol. The molecule has 1 atom stereocenters. The molecule has 3 nitrogen and oxygen atoms in total. The third-order valence-electron chi connectivity index (χ3n) is 3.37. The largest absolute Gasteiger partial charge is 0.494 e. The van der Waals surface area contributed by atoms with Crippen molar-refractivity contribution in [1.29, 1.82) is 0 Å². The van der Waals surface area contributed by atoms with Gasteiger partial charge in [0.2, 0.25) is 0 Å². The number of nitrogens with one attached hydrogen (secondary N) is 1. The highest BCUT2D eigenvalue weighted by Gasteiger charge is 2.16. The van der Waals surface area contributed by atoms with E-state index in [0.29, 0.717) is 6.61 Å². The number of pyridine rings is 1. The third kappa shape index (κ3) is 3.17. The van der Waals surface area contributed by atoms with Crippen LogP contribution in [0, 0.1) is 0 Å². The van der Waals surface area contributed by atoms with Crippen LogP contribution in [0.25, 0.3) is 0 Å². The maximum atomic E-state index is 5.59. The third-order valence-corrected chi connectivity index (χ3v) is 3.37. The van der Waals surface area contributed by atoms with Gasteiger partial charge in [-0.2, -0.15) is 0 Å². The summed E-state index contributed by atoms with van der Waals surface area (Å²) in [6.07, 6.45) is 2.83. The molecule has 1 heterocycles. The molecule has 0 spiro atoms. The lowest BCUT2D eigenvalue weighted by molar-refractivity contribution is 0.339. The second kappa shape index (κ2) is 7.06. The highest BCUT2D eigenvalue weighted by molar-refractivity contribution is 5.37. The number of nitrogens with zero attached hydrogens (tertiary/aromatic N) is 1. The Morgan fingerprint density at radius 2 is 2.05 bits per heavy atom.